The van der Waals surface area contributed by atoms with Crippen molar-refractivity contribution < 1.29 is 97.5 Å². The van der Waals surface area contributed by atoms with Gasteiger partial charge in [-0.25, -0.2) is 20.5 Å². The summed E-state index contributed by atoms with van der Waals surface area (Å²) in [6, 6.07) is 3.04. The second-order valence-corrected chi connectivity index (χ2v) is 3.68. The van der Waals surface area contributed by atoms with Crippen LogP contribution in [0.1, 0.15) is 21.5 Å². The van der Waals surface area contributed by atoms with E-state index in [4.69, 9.17) is 0 Å². The third kappa shape index (κ3) is 3.90. The maximum absolute atomic E-state index is 11.7. The van der Waals surface area contributed by atoms with Crippen LogP contribution >= 0.6 is 0 Å². The van der Waals surface area contributed by atoms with E-state index < -0.39 is 11.8 Å². The molecule has 0 fully saturated rings. The number of methoxy groups -OCH3 is 1. The molecule has 0 aromatic carbocycles. The Hall–Kier alpha value is 0.298. The molecule has 0 aliphatic carbocycles. The number of rotatable bonds is 2. The summed E-state index contributed by atoms with van der Waals surface area (Å²) >= 11 is 0. The van der Waals surface area contributed by atoms with Crippen LogP contribution in [0.4, 0.5) is 0 Å². The number of aromatic nitrogens is 2. The van der Waals surface area contributed by atoms with E-state index in [2.05, 4.69) is 22.1 Å². The Morgan fingerprint density at radius 2 is 1.95 bits per heavy atom. The van der Waals surface area contributed by atoms with Crippen molar-refractivity contribution in [2.24, 2.45) is 0 Å². The fourth-order valence-corrected chi connectivity index (χ4v) is 1.49. The molecule has 95 valence electrons. The number of aromatic amines is 1. The fraction of sp³-hybridized carbons (Fsp3) is 0.250. The van der Waals surface area contributed by atoms with Gasteiger partial charge >= 0.3 is 64.2 Å². The van der Waals surface area contributed by atoms with E-state index in [0.717, 1.165) is 11.1 Å². The van der Waals surface area contributed by atoms with Crippen LogP contribution in [0.5, 0.6) is 0 Å². The number of ketones is 1. The summed E-state index contributed by atoms with van der Waals surface area (Å²) in [6.07, 6.45) is 4.46. The summed E-state index contributed by atoms with van der Waals surface area (Å²) < 4.78 is 5.93. The van der Waals surface area contributed by atoms with Gasteiger partial charge in [0, 0.05) is 32.1 Å². The van der Waals surface area contributed by atoms with E-state index in [0.29, 0.717) is 5.52 Å². The second-order valence-electron chi connectivity index (χ2n) is 3.68. The molecule has 0 aliphatic heterocycles. The van der Waals surface area contributed by atoms with Gasteiger partial charge in [-0.05, 0) is 5.56 Å². The number of nitrogens with zero attached hydrogens (tertiary/aromatic N) is 1. The molecule has 2 aromatic rings. The van der Waals surface area contributed by atoms with Gasteiger partial charge in [-0.1, -0.05) is 0 Å². The number of hydrogen-bond acceptors (Lipinski definition) is 3. The molecule has 1 N–H and O–H groups in total. The molecular weight excluding hydrogens is 492 g/mol. The van der Waals surface area contributed by atoms with Crippen molar-refractivity contribution in [3.8, 4) is 0 Å². The normalized spacial score (nSPS) is 9.42. The van der Waals surface area contributed by atoms with Gasteiger partial charge in [0.1, 0.15) is 0 Å². The van der Waals surface area contributed by atoms with Crippen molar-refractivity contribution >= 4 is 17.3 Å². The second kappa shape index (κ2) is 7.92. The van der Waals surface area contributed by atoms with Gasteiger partial charge in [0.05, 0.1) is 13.3 Å². The van der Waals surface area contributed by atoms with Gasteiger partial charge in [0.2, 0.25) is 5.78 Å². The molecule has 0 aliphatic rings. The summed E-state index contributed by atoms with van der Waals surface area (Å²) in [4.78, 5) is 22.9. The standard InChI is InChI=1S/C12H11N2O3.Rb.Re/c1-7-4-10-9(11(15)12(16)17-3)5-13-14(10)6-8(7)2;;/h5,13H,1-3H3;;/q-1;+1;. The van der Waals surface area contributed by atoms with Crippen molar-refractivity contribution in [2.45, 2.75) is 13.8 Å². The summed E-state index contributed by atoms with van der Waals surface area (Å²) in [7, 11) is 1.17. The first-order chi connectivity index (χ1) is 8.04. The van der Waals surface area contributed by atoms with Crippen molar-refractivity contribution in [2.75, 3.05) is 7.11 Å². The number of pyridine rings is 1. The van der Waals surface area contributed by atoms with E-state index >= 15 is 0 Å². The van der Waals surface area contributed by atoms with Crippen LogP contribution in [0.25, 0.3) is 5.52 Å². The molecule has 0 saturated heterocycles. The zero-order valence-corrected chi connectivity index (χ0v) is 18.8. The summed E-state index contributed by atoms with van der Waals surface area (Å²) in [6.45, 7) is 3.76. The van der Waals surface area contributed by atoms with Gasteiger partial charge in [-0.2, -0.15) is 5.56 Å². The number of hydrogen-bond donors (Lipinski definition) is 1. The molecule has 0 spiro atoms. The van der Waals surface area contributed by atoms with Crippen LogP contribution in [0.2, 0.25) is 0 Å². The molecule has 0 saturated carbocycles. The number of carbonyl (C=O) groups is 2. The molecule has 0 unspecified atom stereocenters. The number of ether oxygens (including phenoxy) is 1. The number of aryl methyl sites for hydroxylation is 2. The SMILES string of the molecule is COC(=O)C(=O)c1c[nH][n+]2[c-]c(C)c(C)[c-]c12.[Rb+].[Re]. The van der Waals surface area contributed by atoms with Crippen molar-refractivity contribution in [1.82, 2.24) is 5.10 Å². The summed E-state index contributed by atoms with van der Waals surface area (Å²) in [5.74, 6) is -1.59. The minimum absolute atomic E-state index is 0. The van der Waals surface area contributed by atoms with Crippen molar-refractivity contribution in [1.29, 1.82) is 0 Å². The van der Waals surface area contributed by atoms with Crippen LogP contribution in [-0.4, -0.2) is 24.0 Å². The fourth-order valence-electron chi connectivity index (χ4n) is 1.49. The monoisotopic (exact) mass is 503 g/mol. The molecule has 19 heavy (non-hydrogen) atoms. The number of fused-ring (bicyclic) bond motifs is 1. The Morgan fingerprint density at radius 3 is 2.53 bits per heavy atom. The van der Waals surface area contributed by atoms with E-state index in [1.165, 1.54) is 17.8 Å². The molecule has 2 rings (SSSR count). The van der Waals surface area contributed by atoms with Gasteiger partial charge in [-0.3, -0.25) is 10.4 Å². The van der Waals surface area contributed by atoms with Crippen LogP contribution in [-0.2, 0) is 30.0 Å². The molecule has 2 heterocycles. The minimum atomic E-state index is -0.891. The van der Waals surface area contributed by atoms with Crippen molar-refractivity contribution in [3.05, 3.63) is 35.2 Å². The Bertz CT molecular complexity index is 625. The molecule has 7 heteroatoms. The minimum Gasteiger partial charge on any atom is -0.464 e. The summed E-state index contributed by atoms with van der Waals surface area (Å²) in [5.41, 5.74) is 2.52. The average Bonchev–Trinajstić information content (AvgIpc) is 2.70. The Balaban J connectivity index is 0.00000162. The molecule has 0 amide bonds. The maximum atomic E-state index is 11.7. The third-order valence-electron chi connectivity index (χ3n) is 2.58. The zero-order chi connectivity index (χ0) is 12.6. The largest absolute Gasteiger partial charge is 1.00 e. The maximum Gasteiger partial charge on any atom is 1.00 e. The topological polar surface area (TPSA) is 63.3 Å². The predicted octanol–water partition coefficient (Wildman–Crippen LogP) is -2.67. The van der Waals surface area contributed by atoms with Gasteiger partial charge in [0.15, 0.2) is 0 Å². The smallest absolute Gasteiger partial charge is 0.464 e. The molecule has 5 nitrogen and oxygen atoms in total. The number of esters is 1. The van der Waals surface area contributed by atoms with Gasteiger partial charge < -0.3 is 4.74 Å². The zero-order valence-electron chi connectivity index (χ0n) is 11.1. The number of carbonyl (C=O) groups excluding carboxylic acids is 2. The first kappa shape index (κ1) is 19.3. The Labute approximate surface area is 173 Å². The summed E-state index contributed by atoms with van der Waals surface area (Å²) in [5, 5.41) is 2.82. The third-order valence-corrected chi connectivity index (χ3v) is 2.58. The Morgan fingerprint density at radius 1 is 1.32 bits per heavy atom. The molecular formula is C12H11N2O3RbRe. The number of Topliss-reactive ketones (excluding diaryl/α,β-unsaturated/α-hetero) is 1. The van der Waals surface area contributed by atoms with E-state index in [9.17, 15) is 9.59 Å². The first-order valence-electron chi connectivity index (χ1n) is 5.02. The number of nitrogens with one attached hydrogen (secondary N) is 1. The van der Waals surface area contributed by atoms with Crippen LogP contribution in [0.15, 0.2) is 6.20 Å². The molecule has 2 aromatic heterocycles. The van der Waals surface area contributed by atoms with Crippen LogP contribution < -0.4 is 62.7 Å². The number of H-pyrrole nitrogens is 1. The van der Waals surface area contributed by atoms with Gasteiger partial charge in [0.25, 0.3) is 0 Å². The van der Waals surface area contributed by atoms with E-state index in [1.807, 2.05) is 13.8 Å². The van der Waals surface area contributed by atoms with Crippen LogP contribution in [0, 0.1) is 26.1 Å². The molecule has 1 radical (unpaired) electrons. The average molecular weight is 503 g/mol. The first-order valence-corrected chi connectivity index (χ1v) is 5.02. The van der Waals surface area contributed by atoms with E-state index in [-0.39, 0.29) is 84.2 Å². The molecule has 0 atom stereocenters. The van der Waals surface area contributed by atoms with E-state index in [1.54, 1.807) is 0 Å². The predicted molar refractivity (Wildman–Crippen MR) is 57.4 cm³/mol. The Kier molecular flexibility index (Phi) is 8.04. The van der Waals surface area contributed by atoms with Crippen molar-refractivity contribution in [3.63, 3.8) is 0 Å². The molecule has 0 bridgehead atoms. The van der Waals surface area contributed by atoms with Crippen LogP contribution in [0.3, 0.4) is 0 Å². The van der Waals surface area contributed by atoms with Gasteiger partial charge in [-0.15, -0.1) is 13.8 Å². The quantitative estimate of drug-likeness (QED) is 0.160.